The van der Waals surface area contributed by atoms with E-state index in [2.05, 4.69) is 40.9 Å². The van der Waals surface area contributed by atoms with Gasteiger partial charge >= 0.3 is 0 Å². The second-order valence-electron chi connectivity index (χ2n) is 6.93. The topological polar surface area (TPSA) is 59.3 Å². The van der Waals surface area contributed by atoms with Gasteiger partial charge in [0.25, 0.3) is 0 Å². The van der Waals surface area contributed by atoms with E-state index < -0.39 is 0 Å². The van der Waals surface area contributed by atoms with Crippen LogP contribution in [0, 0.1) is 0 Å². The highest BCUT2D eigenvalue weighted by molar-refractivity contribution is 8.39. The van der Waals surface area contributed by atoms with E-state index in [0.29, 0.717) is 5.75 Å². The maximum Gasteiger partial charge on any atom is 0.230 e. The maximum atomic E-state index is 12.3. The molecule has 0 fully saturated rings. The number of carbonyl (C=O) groups excluding carboxylic acids is 1. The average molecular weight is 353 g/mol. The molecule has 23 heavy (non-hydrogen) atoms. The van der Waals surface area contributed by atoms with Crippen molar-refractivity contribution in [2.45, 2.75) is 51.6 Å². The quantitative estimate of drug-likeness (QED) is 0.908. The minimum atomic E-state index is -0.0207. The summed E-state index contributed by atoms with van der Waals surface area (Å²) in [5.74, 6) is 1.58. The van der Waals surface area contributed by atoms with Gasteiger partial charge in [-0.05, 0) is 40.0 Å². The van der Waals surface area contributed by atoms with Crippen LogP contribution in [0.15, 0.2) is 11.2 Å². The summed E-state index contributed by atoms with van der Waals surface area (Å²) in [4.78, 5) is 16.6. The fourth-order valence-electron chi connectivity index (χ4n) is 3.05. The number of hydrogen-bond donors (Lipinski definition) is 1. The van der Waals surface area contributed by atoms with E-state index in [0.717, 1.165) is 35.9 Å². The highest BCUT2D eigenvalue weighted by Gasteiger charge is 2.29. The number of nitrogens with one attached hydrogen (secondary N) is 1. The lowest BCUT2D eigenvalue weighted by molar-refractivity contribution is -0.119. The Morgan fingerprint density at radius 3 is 3.04 bits per heavy atom. The van der Waals surface area contributed by atoms with Gasteiger partial charge < -0.3 is 5.32 Å². The first kappa shape index (κ1) is 16.9. The van der Waals surface area contributed by atoms with Gasteiger partial charge in [0.2, 0.25) is 5.91 Å². The van der Waals surface area contributed by atoms with Gasteiger partial charge in [-0.1, -0.05) is 23.5 Å². The molecule has 5 nitrogen and oxygen atoms in total. The molecular formula is C16H24N4OS2. The molecule has 2 aliphatic rings. The van der Waals surface area contributed by atoms with Crippen LogP contribution in [0.5, 0.6) is 0 Å². The zero-order valence-corrected chi connectivity index (χ0v) is 15.6. The van der Waals surface area contributed by atoms with Crippen LogP contribution in [-0.4, -0.2) is 38.1 Å². The fraction of sp³-hybridized carbons (Fsp3) is 0.688. The molecule has 0 radical (unpaired) electrons. The summed E-state index contributed by atoms with van der Waals surface area (Å²) < 4.78 is 3.16. The zero-order valence-electron chi connectivity index (χ0n) is 14.0. The van der Waals surface area contributed by atoms with E-state index in [4.69, 9.17) is 0 Å². The van der Waals surface area contributed by atoms with Crippen LogP contribution >= 0.6 is 23.5 Å². The smallest absolute Gasteiger partial charge is 0.230 e. The Labute approximate surface area is 146 Å². The highest BCUT2D eigenvalue weighted by Crippen LogP contribution is 2.32. The average Bonchev–Trinajstić information content (AvgIpc) is 3.14. The van der Waals surface area contributed by atoms with Gasteiger partial charge in [0.15, 0.2) is 0 Å². The number of carbonyl (C=O) groups is 1. The Balaban J connectivity index is 1.64. The molecule has 0 unspecified atom stereocenters. The fourth-order valence-corrected chi connectivity index (χ4v) is 4.87. The highest BCUT2D eigenvalue weighted by atomic mass is 32.2. The molecule has 0 aromatic carbocycles. The van der Waals surface area contributed by atoms with Crippen LogP contribution in [0.2, 0.25) is 0 Å². The maximum absolute atomic E-state index is 12.3. The van der Waals surface area contributed by atoms with Gasteiger partial charge in [0.1, 0.15) is 4.38 Å². The van der Waals surface area contributed by atoms with Crippen molar-refractivity contribution in [2.24, 2.45) is 4.99 Å². The Morgan fingerprint density at radius 2 is 2.35 bits per heavy atom. The first-order chi connectivity index (χ1) is 10.9. The van der Waals surface area contributed by atoms with Gasteiger partial charge in [-0.25, -0.2) is 0 Å². The third-order valence-corrected chi connectivity index (χ3v) is 6.29. The number of amides is 1. The number of hydrogen-bond acceptors (Lipinski definition) is 5. The van der Waals surface area contributed by atoms with Gasteiger partial charge in [-0.2, -0.15) is 5.10 Å². The second kappa shape index (κ2) is 6.89. The molecule has 1 aromatic rings. The molecule has 0 spiro atoms. The molecule has 126 valence electrons. The van der Waals surface area contributed by atoms with Crippen LogP contribution in [-0.2, 0) is 16.8 Å². The van der Waals surface area contributed by atoms with Crippen molar-refractivity contribution in [3.63, 3.8) is 0 Å². The molecule has 7 heteroatoms. The van der Waals surface area contributed by atoms with Crippen LogP contribution in [0.4, 0.5) is 0 Å². The largest absolute Gasteiger partial charge is 0.348 e. The Bertz CT molecular complexity index is 618. The summed E-state index contributed by atoms with van der Waals surface area (Å²) >= 11 is 3.30. The standard InChI is InChI=1S/C16H24N4OS2/c1-16(2,3)20-13-6-4-5-12(11(13)9-18-20)19-14(21)10-23-15-17-7-8-22-15/h9,12H,4-8,10H2,1-3H3,(H,19,21)/t12-/m0/s1. The van der Waals surface area contributed by atoms with E-state index in [1.807, 2.05) is 6.20 Å². The van der Waals surface area contributed by atoms with Crippen LogP contribution < -0.4 is 5.32 Å². The van der Waals surface area contributed by atoms with Crippen molar-refractivity contribution in [1.82, 2.24) is 15.1 Å². The molecule has 0 saturated carbocycles. The molecule has 3 rings (SSSR count). The summed E-state index contributed by atoms with van der Waals surface area (Å²) in [6.07, 6.45) is 5.07. The molecule has 1 amide bonds. The van der Waals surface area contributed by atoms with E-state index in [1.54, 1.807) is 23.5 Å². The van der Waals surface area contributed by atoms with Crippen molar-refractivity contribution in [3.8, 4) is 0 Å². The van der Waals surface area contributed by atoms with Crippen LogP contribution in [0.3, 0.4) is 0 Å². The summed E-state index contributed by atoms with van der Waals surface area (Å²) in [7, 11) is 0. The van der Waals surface area contributed by atoms with Gasteiger partial charge in [0.05, 0.1) is 30.1 Å². The number of aromatic nitrogens is 2. The third-order valence-electron chi connectivity index (χ3n) is 4.04. The molecule has 1 aromatic heterocycles. The zero-order chi connectivity index (χ0) is 16.4. The molecule has 1 aliphatic heterocycles. The van der Waals surface area contributed by atoms with Crippen molar-refractivity contribution in [3.05, 3.63) is 17.5 Å². The van der Waals surface area contributed by atoms with Gasteiger partial charge in [0, 0.05) is 17.0 Å². The van der Waals surface area contributed by atoms with Crippen molar-refractivity contribution in [2.75, 3.05) is 18.1 Å². The molecular weight excluding hydrogens is 328 g/mol. The molecule has 1 N–H and O–H groups in total. The van der Waals surface area contributed by atoms with Crippen LogP contribution in [0.25, 0.3) is 0 Å². The Kier molecular flexibility index (Phi) is 5.06. The van der Waals surface area contributed by atoms with E-state index in [-0.39, 0.29) is 17.5 Å². The number of nitrogens with zero attached hydrogens (tertiary/aromatic N) is 3. The van der Waals surface area contributed by atoms with Crippen molar-refractivity contribution in [1.29, 1.82) is 0 Å². The summed E-state index contributed by atoms with van der Waals surface area (Å²) in [5.41, 5.74) is 2.45. The monoisotopic (exact) mass is 352 g/mol. The normalized spacial score (nSPS) is 21.0. The molecule has 0 bridgehead atoms. The Morgan fingerprint density at radius 1 is 1.52 bits per heavy atom. The molecule has 0 saturated heterocycles. The summed E-state index contributed by atoms with van der Waals surface area (Å²) in [5, 5.41) is 7.76. The first-order valence-electron chi connectivity index (χ1n) is 8.12. The van der Waals surface area contributed by atoms with E-state index in [9.17, 15) is 4.79 Å². The third kappa shape index (κ3) is 3.94. The first-order valence-corrected chi connectivity index (χ1v) is 10.1. The summed E-state index contributed by atoms with van der Waals surface area (Å²) in [6, 6.07) is 0.0983. The predicted octanol–water partition coefficient (Wildman–Crippen LogP) is 2.97. The lowest BCUT2D eigenvalue weighted by Gasteiger charge is -2.28. The summed E-state index contributed by atoms with van der Waals surface area (Å²) in [6.45, 7) is 7.38. The lowest BCUT2D eigenvalue weighted by atomic mass is 9.92. The molecule has 1 atom stereocenters. The SMILES string of the molecule is CC(C)(C)n1ncc2c1CCC[C@@H]2NC(=O)CSC1=NCCS1. The van der Waals surface area contributed by atoms with E-state index >= 15 is 0 Å². The minimum Gasteiger partial charge on any atom is -0.348 e. The van der Waals surface area contributed by atoms with E-state index in [1.165, 1.54) is 11.3 Å². The van der Waals surface area contributed by atoms with Gasteiger partial charge in [-0.15, -0.1) is 0 Å². The number of fused-ring (bicyclic) bond motifs is 1. The molecule has 2 heterocycles. The van der Waals surface area contributed by atoms with Crippen molar-refractivity contribution >= 4 is 33.8 Å². The second-order valence-corrected chi connectivity index (χ2v) is 9.23. The Hall–Kier alpha value is -0.950. The number of thioether (sulfide) groups is 2. The minimum absolute atomic E-state index is 0.0207. The van der Waals surface area contributed by atoms with Gasteiger partial charge in [-0.3, -0.25) is 14.5 Å². The number of aliphatic imine (C=N–C) groups is 1. The number of rotatable bonds is 3. The lowest BCUT2D eigenvalue weighted by Crippen LogP contribution is -2.33. The molecule has 1 aliphatic carbocycles. The predicted molar refractivity (Wildman–Crippen MR) is 98.3 cm³/mol. The van der Waals surface area contributed by atoms with Crippen LogP contribution in [0.1, 0.15) is 50.9 Å². The van der Waals surface area contributed by atoms with Crippen molar-refractivity contribution < 1.29 is 4.79 Å².